The predicted octanol–water partition coefficient (Wildman–Crippen LogP) is 2.44. The molecule has 4 heteroatoms. The maximum absolute atomic E-state index is 12.9. The van der Waals surface area contributed by atoms with Gasteiger partial charge in [-0.1, -0.05) is 6.07 Å². The number of ether oxygens (including phenoxy) is 1. The molecule has 3 nitrogen and oxygen atoms in total. The van der Waals surface area contributed by atoms with Crippen molar-refractivity contribution < 1.29 is 13.9 Å². The number of carbonyl (C=O) groups is 1. The van der Waals surface area contributed by atoms with E-state index in [0.29, 0.717) is 5.69 Å². The third kappa shape index (κ3) is 3.22. The molecule has 1 aromatic rings. The van der Waals surface area contributed by atoms with Gasteiger partial charge in [-0.25, -0.2) is 4.39 Å². The molecular weight excluding hydrogens is 209 g/mol. The summed E-state index contributed by atoms with van der Waals surface area (Å²) in [4.78, 5) is 11.3. The van der Waals surface area contributed by atoms with Crippen LogP contribution >= 0.6 is 0 Å². The molecular formula is C12H16FNO2. The topological polar surface area (TPSA) is 38.3 Å². The van der Waals surface area contributed by atoms with Crippen LogP contribution in [0.15, 0.2) is 24.3 Å². The fourth-order valence-electron chi connectivity index (χ4n) is 1.36. The fraction of sp³-hybridized carbons (Fsp3) is 0.417. The molecule has 0 aromatic heterocycles. The van der Waals surface area contributed by atoms with Gasteiger partial charge >= 0.3 is 5.97 Å². The lowest BCUT2D eigenvalue weighted by molar-refractivity contribution is -0.145. The molecule has 0 bridgehead atoms. The minimum absolute atomic E-state index is 0.116. The zero-order valence-corrected chi connectivity index (χ0v) is 9.66. The molecule has 0 saturated carbocycles. The number of halogens is 1. The Balaban J connectivity index is 2.64. The smallest absolute Gasteiger partial charge is 0.310 e. The van der Waals surface area contributed by atoms with Crippen LogP contribution in [-0.2, 0) is 9.53 Å². The van der Waals surface area contributed by atoms with E-state index in [-0.39, 0.29) is 23.7 Å². The van der Waals surface area contributed by atoms with Crippen molar-refractivity contribution in [2.24, 2.45) is 5.92 Å². The Morgan fingerprint density at radius 2 is 2.12 bits per heavy atom. The quantitative estimate of drug-likeness (QED) is 0.800. The molecule has 0 amide bonds. The van der Waals surface area contributed by atoms with E-state index >= 15 is 0 Å². The minimum Gasteiger partial charge on any atom is -0.469 e. The van der Waals surface area contributed by atoms with E-state index in [9.17, 15) is 9.18 Å². The van der Waals surface area contributed by atoms with Crippen molar-refractivity contribution in [1.29, 1.82) is 0 Å². The molecule has 0 aliphatic rings. The van der Waals surface area contributed by atoms with Gasteiger partial charge in [0.15, 0.2) is 0 Å². The van der Waals surface area contributed by atoms with Gasteiger partial charge in [0, 0.05) is 11.7 Å². The maximum Gasteiger partial charge on any atom is 0.310 e. The number of hydrogen-bond acceptors (Lipinski definition) is 3. The van der Waals surface area contributed by atoms with Crippen LogP contribution < -0.4 is 5.32 Å². The van der Waals surface area contributed by atoms with Crippen molar-refractivity contribution in [2.75, 3.05) is 12.4 Å². The molecule has 16 heavy (non-hydrogen) atoms. The van der Waals surface area contributed by atoms with Gasteiger partial charge in [-0.15, -0.1) is 0 Å². The summed E-state index contributed by atoms with van der Waals surface area (Å²) in [6.07, 6.45) is 0. The third-order valence-electron chi connectivity index (χ3n) is 2.54. The zero-order chi connectivity index (χ0) is 12.1. The summed E-state index contributed by atoms with van der Waals surface area (Å²) in [7, 11) is 1.35. The Morgan fingerprint density at radius 3 is 2.69 bits per heavy atom. The summed E-state index contributed by atoms with van der Waals surface area (Å²) in [6.45, 7) is 3.62. The van der Waals surface area contributed by atoms with Crippen LogP contribution in [0.25, 0.3) is 0 Å². The molecule has 1 rings (SSSR count). The Bertz CT molecular complexity index is 368. The van der Waals surface area contributed by atoms with Crippen molar-refractivity contribution >= 4 is 11.7 Å². The first-order chi connectivity index (χ1) is 7.54. The van der Waals surface area contributed by atoms with E-state index in [1.807, 2.05) is 6.92 Å². The minimum atomic E-state index is -0.303. The molecule has 0 spiro atoms. The molecule has 88 valence electrons. The Kier molecular flexibility index (Phi) is 4.28. The summed E-state index contributed by atoms with van der Waals surface area (Å²) in [6, 6.07) is 6.02. The van der Waals surface area contributed by atoms with Gasteiger partial charge in [0.25, 0.3) is 0 Å². The fourth-order valence-corrected chi connectivity index (χ4v) is 1.36. The Labute approximate surface area is 94.6 Å². The van der Waals surface area contributed by atoms with Crippen LogP contribution in [0.4, 0.5) is 10.1 Å². The highest BCUT2D eigenvalue weighted by molar-refractivity contribution is 5.73. The van der Waals surface area contributed by atoms with Crippen molar-refractivity contribution in [3.05, 3.63) is 30.1 Å². The number of rotatable bonds is 4. The lowest BCUT2D eigenvalue weighted by Crippen LogP contribution is -2.30. The van der Waals surface area contributed by atoms with Gasteiger partial charge in [-0.3, -0.25) is 4.79 Å². The second-order valence-electron chi connectivity index (χ2n) is 3.76. The van der Waals surface area contributed by atoms with Gasteiger partial charge in [-0.05, 0) is 32.0 Å². The van der Waals surface area contributed by atoms with Gasteiger partial charge in [-0.2, -0.15) is 0 Å². The number of nitrogens with one attached hydrogen (secondary N) is 1. The summed E-state index contributed by atoms with van der Waals surface area (Å²) < 4.78 is 17.6. The van der Waals surface area contributed by atoms with E-state index in [2.05, 4.69) is 10.1 Å². The third-order valence-corrected chi connectivity index (χ3v) is 2.54. The van der Waals surface area contributed by atoms with E-state index in [4.69, 9.17) is 0 Å². The van der Waals surface area contributed by atoms with Crippen LogP contribution in [0.3, 0.4) is 0 Å². The number of benzene rings is 1. The first-order valence-electron chi connectivity index (χ1n) is 5.14. The Hall–Kier alpha value is -1.58. The maximum atomic E-state index is 12.9. The van der Waals surface area contributed by atoms with E-state index in [0.717, 1.165) is 0 Å². The molecule has 0 aliphatic carbocycles. The van der Waals surface area contributed by atoms with Gasteiger partial charge < -0.3 is 10.1 Å². The molecule has 0 fully saturated rings. The monoisotopic (exact) mass is 225 g/mol. The second kappa shape index (κ2) is 5.49. The molecule has 2 unspecified atom stereocenters. The highest BCUT2D eigenvalue weighted by Gasteiger charge is 2.20. The average Bonchev–Trinajstić information content (AvgIpc) is 2.27. The van der Waals surface area contributed by atoms with Crippen molar-refractivity contribution in [1.82, 2.24) is 0 Å². The van der Waals surface area contributed by atoms with E-state index in [1.54, 1.807) is 19.1 Å². The average molecular weight is 225 g/mol. The van der Waals surface area contributed by atoms with Crippen molar-refractivity contribution in [3.8, 4) is 0 Å². The molecule has 0 aliphatic heterocycles. The van der Waals surface area contributed by atoms with Crippen LogP contribution in [0.1, 0.15) is 13.8 Å². The van der Waals surface area contributed by atoms with Crippen LogP contribution in [-0.4, -0.2) is 19.1 Å². The number of anilines is 1. The molecule has 2 atom stereocenters. The summed E-state index contributed by atoms with van der Waals surface area (Å²) in [5.41, 5.74) is 0.656. The van der Waals surface area contributed by atoms with Gasteiger partial charge in [0.05, 0.1) is 13.0 Å². The van der Waals surface area contributed by atoms with Gasteiger partial charge in [0.1, 0.15) is 5.82 Å². The Morgan fingerprint density at radius 1 is 1.44 bits per heavy atom. The number of hydrogen-bond donors (Lipinski definition) is 1. The normalized spacial score (nSPS) is 14.0. The van der Waals surface area contributed by atoms with Crippen LogP contribution in [0, 0.1) is 11.7 Å². The van der Waals surface area contributed by atoms with E-state index in [1.165, 1.54) is 19.2 Å². The van der Waals surface area contributed by atoms with Crippen molar-refractivity contribution in [2.45, 2.75) is 19.9 Å². The molecule has 0 heterocycles. The van der Waals surface area contributed by atoms with Crippen molar-refractivity contribution in [3.63, 3.8) is 0 Å². The SMILES string of the molecule is COC(=O)C(C)C(C)Nc1cccc(F)c1. The first-order valence-corrected chi connectivity index (χ1v) is 5.14. The van der Waals surface area contributed by atoms with Crippen LogP contribution in [0.2, 0.25) is 0 Å². The zero-order valence-electron chi connectivity index (χ0n) is 9.66. The second-order valence-corrected chi connectivity index (χ2v) is 3.76. The molecule has 0 saturated heterocycles. The molecule has 0 radical (unpaired) electrons. The predicted molar refractivity (Wildman–Crippen MR) is 60.7 cm³/mol. The lowest BCUT2D eigenvalue weighted by Gasteiger charge is -2.20. The number of carbonyl (C=O) groups excluding carboxylic acids is 1. The summed E-state index contributed by atoms with van der Waals surface area (Å²) >= 11 is 0. The van der Waals surface area contributed by atoms with E-state index < -0.39 is 0 Å². The highest BCUT2D eigenvalue weighted by atomic mass is 19.1. The largest absolute Gasteiger partial charge is 0.469 e. The molecule has 1 aromatic carbocycles. The number of methoxy groups -OCH3 is 1. The first kappa shape index (κ1) is 12.5. The standard InChI is InChI=1S/C12H16FNO2/c1-8(12(15)16-3)9(2)14-11-6-4-5-10(13)7-11/h4-9,14H,1-3H3. The number of esters is 1. The summed E-state index contributed by atoms with van der Waals surface area (Å²) in [5.74, 6) is -0.868. The highest BCUT2D eigenvalue weighted by Crippen LogP contribution is 2.14. The van der Waals surface area contributed by atoms with Crippen LogP contribution in [0.5, 0.6) is 0 Å². The summed E-state index contributed by atoms with van der Waals surface area (Å²) in [5, 5.41) is 3.06. The lowest BCUT2D eigenvalue weighted by atomic mass is 10.0. The molecule has 1 N–H and O–H groups in total. The van der Waals surface area contributed by atoms with Gasteiger partial charge in [0.2, 0.25) is 0 Å².